The Hall–Kier alpha value is -2.77. The van der Waals surface area contributed by atoms with Gasteiger partial charge in [-0.1, -0.05) is 12.1 Å². The van der Waals surface area contributed by atoms with Gasteiger partial charge in [-0.05, 0) is 51.3 Å². The average molecular weight is 365 g/mol. The molecular formula is C18H27N3O5. The Morgan fingerprint density at radius 3 is 2.35 bits per heavy atom. The summed E-state index contributed by atoms with van der Waals surface area (Å²) in [6.45, 7) is 5.45. The van der Waals surface area contributed by atoms with Gasteiger partial charge >= 0.3 is 12.1 Å². The van der Waals surface area contributed by atoms with Crippen LogP contribution in [0.25, 0.3) is 0 Å². The largest absolute Gasteiger partial charge is 0.481 e. The molecule has 0 aromatic heterocycles. The van der Waals surface area contributed by atoms with Crippen LogP contribution >= 0.6 is 0 Å². The van der Waals surface area contributed by atoms with Gasteiger partial charge in [-0.2, -0.15) is 0 Å². The zero-order valence-electron chi connectivity index (χ0n) is 15.4. The molecular weight excluding hydrogens is 338 g/mol. The van der Waals surface area contributed by atoms with Crippen LogP contribution in [0.15, 0.2) is 24.3 Å². The van der Waals surface area contributed by atoms with E-state index in [4.69, 9.17) is 15.6 Å². The fraction of sp³-hybridized carbons (Fsp3) is 0.500. The van der Waals surface area contributed by atoms with Gasteiger partial charge in [0, 0.05) is 18.7 Å². The smallest absolute Gasteiger partial charge is 0.408 e. The Labute approximate surface area is 153 Å². The molecule has 0 saturated heterocycles. The van der Waals surface area contributed by atoms with Crippen LogP contribution in [0.5, 0.6) is 0 Å². The number of alkyl carbamates (subject to hydrolysis) is 1. The van der Waals surface area contributed by atoms with Crippen molar-refractivity contribution < 1.29 is 24.2 Å². The summed E-state index contributed by atoms with van der Waals surface area (Å²) < 4.78 is 5.12. The number of aliphatic carboxylic acids is 1. The standard InChI is InChI=1S/C18H27N3O5/c1-18(2,3)26-17(25)21-14(8-9-15(22)23)16(24)20-11-10-12-4-6-13(19)7-5-12/h4-7,14H,8-11,19H2,1-3H3,(H,20,24)(H,21,25)(H,22,23)/t14-/m0/s1. The number of carboxylic acids is 1. The van der Waals surface area contributed by atoms with Crippen LogP contribution in [0.4, 0.5) is 10.5 Å². The van der Waals surface area contributed by atoms with Crippen molar-refractivity contribution in [3.05, 3.63) is 29.8 Å². The maximum atomic E-state index is 12.3. The van der Waals surface area contributed by atoms with E-state index in [9.17, 15) is 14.4 Å². The summed E-state index contributed by atoms with van der Waals surface area (Å²) in [6, 6.07) is 6.30. The number of nitrogen functional groups attached to an aromatic ring is 1. The lowest BCUT2D eigenvalue weighted by atomic mass is 10.1. The van der Waals surface area contributed by atoms with Crippen LogP contribution in [-0.4, -0.2) is 41.3 Å². The Kier molecular flexibility index (Phi) is 7.89. The minimum absolute atomic E-state index is 0.0255. The zero-order valence-corrected chi connectivity index (χ0v) is 15.4. The van der Waals surface area contributed by atoms with Crippen molar-refractivity contribution in [3.8, 4) is 0 Å². The maximum absolute atomic E-state index is 12.3. The van der Waals surface area contributed by atoms with E-state index in [1.807, 2.05) is 12.1 Å². The number of rotatable bonds is 8. The highest BCUT2D eigenvalue weighted by atomic mass is 16.6. The number of hydrogen-bond donors (Lipinski definition) is 4. The predicted octanol–water partition coefficient (Wildman–Crippen LogP) is 1.69. The number of benzene rings is 1. The molecule has 0 unspecified atom stereocenters. The van der Waals surface area contributed by atoms with Crippen molar-refractivity contribution in [2.45, 2.75) is 51.7 Å². The number of ether oxygens (including phenoxy) is 1. The van der Waals surface area contributed by atoms with Crippen molar-refractivity contribution in [1.82, 2.24) is 10.6 Å². The van der Waals surface area contributed by atoms with Gasteiger partial charge in [0.1, 0.15) is 11.6 Å². The number of carbonyl (C=O) groups is 3. The van der Waals surface area contributed by atoms with E-state index in [-0.39, 0.29) is 12.8 Å². The monoisotopic (exact) mass is 365 g/mol. The van der Waals surface area contributed by atoms with E-state index >= 15 is 0 Å². The Balaban J connectivity index is 2.57. The number of nitrogens with two attached hydrogens (primary N) is 1. The van der Waals surface area contributed by atoms with Gasteiger partial charge in [-0.25, -0.2) is 4.79 Å². The second kappa shape index (κ2) is 9.65. The molecule has 1 atom stereocenters. The molecule has 26 heavy (non-hydrogen) atoms. The number of amides is 2. The molecule has 0 aliphatic rings. The van der Waals surface area contributed by atoms with E-state index in [1.165, 1.54) is 0 Å². The molecule has 1 aromatic rings. The van der Waals surface area contributed by atoms with Gasteiger partial charge in [0.2, 0.25) is 5.91 Å². The van der Waals surface area contributed by atoms with E-state index in [2.05, 4.69) is 10.6 Å². The molecule has 0 aliphatic heterocycles. The molecule has 0 heterocycles. The average Bonchev–Trinajstić information content (AvgIpc) is 2.51. The number of nitrogens with one attached hydrogen (secondary N) is 2. The SMILES string of the molecule is CC(C)(C)OC(=O)N[C@@H](CCC(=O)O)C(=O)NCCc1ccc(N)cc1. The van der Waals surface area contributed by atoms with Gasteiger partial charge in [-0.15, -0.1) is 0 Å². The third-order valence-corrected chi connectivity index (χ3v) is 3.35. The first-order valence-electron chi connectivity index (χ1n) is 8.40. The minimum Gasteiger partial charge on any atom is -0.481 e. The molecule has 0 fully saturated rings. The normalized spacial score (nSPS) is 12.1. The molecule has 0 saturated carbocycles. The fourth-order valence-electron chi connectivity index (χ4n) is 2.12. The van der Waals surface area contributed by atoms with E-state index < -0.39 is 29.6 Å². The molecule has 5 N–H and O–H groups in total. The molecule has 0 spiro atoms. The zero-order chi connectivity index (χ0) is 19.7. The van der Waals surface area contributed by atoms with Crippen molar-refractivity contribution in [3.63, 3.8) is 0 Å². The first-order chi connectivity index (χ1) is 12.1. The minimum atomic E-state index is -1.05. The molecule has 0 radical (unpaired) electrons. The van der Waals surface area contributed by atoms with Gasteiger partial charge in [0.25, 0.3) is 0 Å². The highest BCUT2D eigenvalue weighted by Crippen LogP contribution is 2.08. The number of carbonyl (C=O) groups excluding carboxylic acids is 2. The summed E-state index contributed by atoms with van der Waals surface area (Å²) in [4.78, 5) is 35.0. The molecule has 8 nitrogen and oxygen atoms in total. The van der Waals surface area contributed by atoms with Crippen LogP contribution in [-0.2, 0) is 20.7 Å². The van der Waals surface area contributed by atoms with Gasteiger partial charge in [0.15, 0.2) is 0 Å². The lowest BCUT2D eigenvalue weighted by molar-refractivity contribution is -0.137. The number of anilines is 1. The van der Waals surface area contributed by atoms with Crippen molar-refractivity contribution in [1.29, 1.82) is 0 Å². The highest BCUT2D eigenvalue weighted by Gasteiger charge is 2.24. The Morgan fingerprint density at radius 2 is 1.81 bits per heavy atom. The third kappa shape index (κ3) is 8.91. The quantitative estimate of drug-likeness (QED) is 0.519. The van der Waals surface area contributed by atoms with E-state index in [1.54, 1.807) is 32.9 Å². The molecule has 8 heteroatoms. The van der Waals surface area contributed by atoms with Crippen LogP contribution in [0.1, 0.15) is 39.2 Å². The molecule has 0 bridgehead atoms. The van der Waals surface area contributed by atoms with Gasteiger partial charge < -0.3 is 26.2 Å². The lowest BCUT2D eigenvalue weighted by Crippen LogP contribution is -2.48. The third-order valence-electron chi connectivity index (χ3n) is 3.35. The summed E-state index contributed by atoms with van der Waals surface area (Å²) in [5, 5.41) is 14.0. The second-order valence-electron chi connectivity index (χ2n) is 6.91. The number of carboxylic acid groups (broad SMARTS) is 1. The van der Waals surface area contributed by atoms with E-state index in [0.29, 0.717) is 18.7 Å². The van der Waals surface area contributed by atoms with Crippen LogP contribution in [0.3, 0.4) is 0 Å². The fourth-order valence-corrected chi connectivity index (χ4v) is 2.12. The molecule has 0 aliphatic carbocycles. The first-order valence-corrected chi connectivity index (χ1v) is 8.40. The second-order valence-corrected chi connectivity index (χ2v) is 6.91. The number of hydrogen-bond acceptors (Lipinski definition) is 5. The van der Waals surface area contributed by atoms with Gasteiger partial charge in [0.05, 0.1) is 0 Å². The highest BCUT2D eigenvalue weighted by molar-refractivity contribution is 5.86. The topological polar surface area (TPSA) is 131 Å². The Morgan fingerprint density at radius 1 is 1.19 bits per heavy atom. The van der Waals surface area contributed by atoms with Crippen LogP contribution in [0, 0.1) is 0 Å². The van der Waals surface area contributed by atoms with Crippen molar-refractivity contribution >= 4 is 23.7 Å². The van der Waals surface area contributed by atoms with Crippen molar-refractivity contribution in [2.24, 2.45) is 0 Å². The van der Waals surface area contributed by atoms with Crippen molar-refractivity contribution in [2.75, 3.05) is 12.3 Å². The molecule has 144 valence electrons. The van der Waals surface area contributed by atoms with Crippen LogP contribution in [0.2, 0.25) is 0 Å². The molecule has 1 aromatic carbocycles. The van der Waals surface area contributed by atoms with E-state index in [0.717, 1.165) is 5.56 Å². The summed E-state index contributed by atoms with van der Waals surface area (Å²) in [5.41, 5.74) is 6.57. The summed E-state index contributed by atoms with van der Waals surface area (Å²) >= 11 is 0. The molecule has 1 rings (SSSR count). The predicted molar refractivity (Wildman–Crippen MR) is 97.6 cm³/mol. The lowest BCUT2D eigenvalue weighted by Gasteiger charge is -2.23. The summed E-state index contributed by atoms with van der Waals surface area (Å²) in [5.74, 6) is -1.50. The van der Waals surface area contributed by atoms with Gasteiger partial charge in [-0.3, -0.25) is 9.59 Å². The molecule has 2 amide bonds. The first kappa shape index (κ1) is 21.3. The summed E-state index contributed by atoms with van der Waals surface area (Å²) in [7, 11) is 0. The summed E-state index contributed by atoms with van der Waals surface area (Å²) in [6.07, 6.45) is -0.445. The van der Waals surface area contributed by atoms with Crippen LogP contribution < -0.4 is 16.4 Å². The maximum Gasteiger partial charge on any atom is 0.408 e. The Bertz CT molecular complexity index is 623.